The van der Waals surface area contributed by atoms with E-state index in [0.717, 1.165) is 10.5 Å². The highest BCUT2D eigenvalue weighted by molar-refractivity contribution is 6.00. The molecule has 0 unspecified atom stereocenters. The normalized spacial score (nSPS) is 20.8. The van der Waals surface area contributed by atoms with Gasteiger partial charge in [0.25, 0.3) is 0 Å². The van der Waals surface area contributed by atoms with Gasteiger partial charge in [-0.1, -0.05) is 37.3 Å². The van der Waals surface area contributed by atoms with Crippen molar-refractivity contribution in [2.24, 2.45) is 5.92 Å². The molecule has 0 spiro atoms. The second-order valence-corrected chi connectivity index (χ2v) is 6.93. The molecule has 6 nitrogen and oxygen atoms in total. The Morgan fingerprint density at radius 3 is 2.42 bits per heavy atom. The Hall–Kier alpha value is -2.37. The molecule has 0 aliphatic carbocycles. The number of carbonyl (C=O) groups excluding carboxylic acids is 3. The quantitative estimate of drug-likeness (QED) is 0.795. The Morgan fingerprint density at radius 2 is 1.83 bits per heavy atom. The molecule has 0 radical (unpaired) electrons. The van der Waals surface area contributed by atoms with Gasteiger partial charge in [-0.25, -0.2) is 14.5 Å². The average molecular weight is 333 g/mol. The van der Waals surface area contributed by atoms with Crippen LogP contribution in [0.25, 0.3) is 0 Å². The summed E-state index contributed by atoms with van der Waals surface area (Å²) in [6.07, 6.45) is -0.565. The topological polar surface area (TPSA) is 72.9 Å². The lowest BCUT2D eigenvalue weighted by Gasteiger charge is -2.26. The van der Waals surface area contributed by atoms with Crippen molar-refractivity contribution in [1.29, 1.82) is 0 Å². The van der Waals surface area contributed by atoms with Crippen molar-refractivity contribution in [1.82, 2.24) is 4.90 Å². The highest BCUT2D eigenvalue weighted by Gasteiger charge is 2.47. The number of benzene rings is 1. The molecule has 1 aromatic rings. The van der Waals surface area contributed by atoms with Crippen LogP contribution in [-0.4, -0.2) is 34.5 Å². The Kier molecular flexibility index (Phi) is 5.26. The van der Waals surface area contributed by atoms with Gasteiger partial charge in [0.2, 0.25) is 5.91 Å². The van der Waals surface area contributed by atoms with E-state index in [9.17, 15) is 14.4 Å². The SMILES string of the molecule is C[C@@H]1C[C@@H](C(=O)OCc2ccccc2)N(C(=O)OC(C)(C)C)C1=O. The maximum Gasteiger partial charge on any atom is 0.417 e. The highest BCUT2D eigenvalue weighted by Crippen LogP contribution is 2.27. The number of hydrogen-bond acceptors (Lipinski definition) is 5. The second-order valence-electron chi connectivity index (χ2n) is 6.93. The van der Waals surface area contributed by atoms with E-state index in [1.165, 1.54) is 0 Å². The van der Waals surface area contributed by atoms with Crippen LogP contribution < -0.4 is 0 Å². The number of carbonyl (C=O) groups is 3. The van der Waals surface area contributed by atoms with Gasteiger partial charge in [-0.15, -0.1) is 0 Å². The van der Waals surface area contributed by atoms with Gasteiger partial charge < -0.3 is 9.47 Å². The zero-order valence-corrected chi connectivity index (χ0v) is 14.4. The van der Waals surface area contributed by atoms with Gasteiger partial charge in [0.05, 0.1) is 0 Å². The van der Waals surface area contributed by atoms with E-state index in [-0.39, 0.29) is 13.0 Å². The smallest absolute Gasteiger partial charge is 0.417 e. The van der Waals surface area contributed by atoms with Crippen molar-refractivity contribution in [3.05, 3.63) is 35.9 Å². The Bertz CT molecular complexity index is 620. The molecular formula is C18H23NO5. The number of likely N-dealkylation sites (tertiary alicyclic amines) is 1. The first-order valence-electron chi connectivity index (χ1n) is 7.95. The molecule has 6 heteroatoms. The Balaban J connectivity index is 2.07. The lowest BCUT2D eigenvalue weighted by Crippen LogP contribution is -2.46. The molecular weight excluding hydrogens is 310 g/mol. The van der Waals surface area contributed by atoms with Crippen LogP contribution >= 0.6 is 0 Å². The molecule has 130 valence electrons. The summed E-state index contributed by atoms with van der Waals surface area (Å²) in [7, 11) is 0. The molecule has 0 N–H and O–H groups in total. The summed E-state index contributed by atoms with van der Waals surface area (Å²) in [5.41, 5.74) is 0.0915. The minimum Gasteiger partial charge on any atom is -0.459 e. The van der Waals surface area contributed by atoms with Crippen molar-refractivity contribution in [3.8, 4) is 0 Å². The van der Waals surface area contributed by atoms with Crippen LogP contribution in [0.1, 0.15) is 39.7 Å². The van der Waals surface area contributed by atoms with Gasteiger partial charge in [0.1, 0.15) is 18.2 Å². The molecule has 2 rings (SSSR count). The summed E-state index contributed by atoms with van der Waals surface area (Å²) < 4.78 is 10.5. The molecule has 0 bridgehead atoms. The van der Waals surface area contributed by atoms with Crippen molar-refractivity contribution in [2.45, 2.75) is 52.4 Å². The summed E-state index contributed by atoms with van der Waals surface area (Å²) in [5.74, 6) is -1.43. The van der Waals surface area contributed by atoms with E-state index in [4.69, 9.17) is 9.47 Å². The van der Waals surface area contributed by atoms with Crippen LogP contribution in [0.3, 0.4) is 0 Å². The molecule has 0 aromatic heterocycles. The molecule has 2 amide bonds. The van der Waals surface area contributed by atoms with Crippen LogP contribution in [0, 0.1) is 5.92 Å². The summed E-state index contributed by atoms with van der Waals surface area (Å²) in [6.45, 7) is 6.90. The number of nitrogens with zero attached hydrogens (tertiary/aromatic N) is 1. The first-order valence-corrected chi connectivity index (χ1v) is 7.95. The van der Waals surface area contributed by atoms with E-state index in [2.05, 4.69) is 0 Å². The Morgan fingerprint density at radius 1 is 1.21 bits per heavy atom. The summed E-state index contributed by atoms with van der Waals surface area (Å²) >= 11 is 0. The lowest BCUT2D eigenvalue weighted by molar-refractivity contribution is -0.152. The average Bonchev–Trinajstić information content (AvgIpc) is 2.80. The highest BCUT2D eigenvalue weighted by atomic mass is 16.6. The molecule has 2 atom stereocenters. The van der Waals surface area contributed by atoms with Crippen LogP contribution in [0.4, 0.5) is 4.79 Å². The fourth-order valence-corrected chi connectivity index (χ4v) is 2.49. The molecule has 1 aliphatic heterocycles. The van der Waals surface area contributed by atoms with Crippen LogP contribution in [0.5, 0.6) is 0 Å². The van der Waals surface area contributed by atoms with E-state index in [1.807, 2.05) is 30.3 Å². The first kappa shape index (κ1) is 18.0. The van der Waals surface area contributed by atoms with E-state index < -0.39 is 35.5 Å². The molecule has 1 fully saturated rings. The minimum absolute atomic E-state index is 0.0981. The first-order chi connectivity index (χ1) is 11.2. The van der Waals surface area contributed by atoms with Crippen molar-refractivity contribution < 1.29 is 23.9 Å². The fraction of sp³-hybridized carbons (Fsp3) is 0.500. The van der Waals surface area contributed by atoms with E-state index >= 15 is 0 Å². The molecule has 0 saturated carbocycles. The third-order valence-electron chi connectivity index (χ3n) is 3.63. The monoisotopic (exact) mass is 333 g/mol. The zero-order chi connectivity index (χ0) is 17.9. The van der Waals surface area contributed by atoms with Crippen molar-refractivity contribution in [2.75, 3.05) is 0 Å². The number of rotatable bonds is 3. The van der Waals surface area contributed by atoms with Gasteiger partial charge in [0, 0.05) is 5.92 Å². The lowest BCUT2D eigenvalue weighted by atomic mass is 10.1. The van der Waals surface area contributed by atoms with Crippen molar-refractivity contribution >= 4 is 18.0 Å². The fourth-order valence-electron chi connectivity index (χ4n) is 2.49. The predicted molar refractivity (Wildman–Crippen MR) is 86.9 cm³/mol. The van der Waals surface area contributed by atoms with Gasteiger partial charge in [-0.3, -0.25) is 4.79 Å². The molecule has 1 heterocycles. The van der Waals surface area contributed by atoms with Gasteiger partial charge in [0.15, 0.2) is 0 Å². The third-order valence-corrected chi connectivity index (χ3v) is 3.63. The molecule has 1 aromatic carbocycles. The number of imide groups is 1. The number of esters is 1. The number of ether oxygens (including phenoxy) is 2. The van der Waals surface area contributed by atoms with Gasteiger partial charge in [-0.05, 0) is 32.8 Å². The standard InChI is InChI=1S/C18H23NO5/c1-12-10-14(16(21)23-11-13-8-6-5-7-9-13)19(15(12)20)17(22)24-18(2,3)4/h5-9,12,14H,10-11H2,1-4H3/t12-,14+/m1/s1. The number of hydrogen-bond donors (Lipinski definition) is 0. The van der Waals surface area contributed by atoms with Gasteiger partial charge >= 0.3 is 12.1 Å². The third kappa shape index (κ3) is 4.34. The minimum atomic E-state index is -0.939. The van der Waals surface area contributed by atoms with Crippen LogP contribution in [0.2, 0.25) is 0 Å². The van der Waals surface area contributed by atoms with Crippen molar-refractivity contribution in [3.63, 3.8) is 0 Å². The Labute approximate surface area is 141 Å². The predicted octanol–water partition coefficient (Wildman–Crippen LogP) is 2.90. The zero-order valence-electron chi connectivity index (χ0n) is 14.4. The van der Waals surface area contributed by atoms with E-state index in [0.29, 0.717) is 0 Å². The summed E-state index contributed by atoms with van der Waals surface area (Å²) in [5, 5.41) is 0. The van der Waals surface area contributed by atoms with E-state index in [1.54, 1.807) is 27.7 Å². The van der Waals surface area contributed by atoms with Crippen LogP contribution in [-0.2, 0) is 25.7 Å². The summed E-state index contributed by atoms with van der Waals surface area (Å²) in [6, 6.07) is 8.29. The van der Waals surface area contributed by atoms with Crippen LogP contribution in [0.15, 0.2) is 30.3 Å². The van der Waals surface area contributed by atoms with Gasteiger partial charge in [-0.2, -0.15) is 0 Å². The molecule has 1 saturated heterocycles. The maximum absolute atomic E-state index is 12.4. The summed E-state index contributed by atoms with van der Waals surface area (Å²) in [4.78, 5) is 37.8. The molecule has 1 aliphatic rings. The second kappa shape index (κ2) is 7.03. The molecule has 24 heavy (non-hydrogen) atoms. The number of amides is 2. The maximum atomic E-state index is 12.4. The largest absolute Gasteiger partial charge is 0.459 e.